The predicted octanol–water partition coefficient (Wildman–Crippen LogP) is 6.24. The molecule has 5 rings (SSSR count). The number of hydrogen-bond acceptors (Lipinski definition) is 3. The van der Waals surface area contributed by atoms with Crippen LogP contribution < -0.4 is 4.72 Å². The molecule has 1 aliphatic rings. The molecule has 1 unspecified atom stereocenters. The molecule has 4 aromatic rings. The number of hydrogen-bond donors (Lipinski definition) is 2. The highest BCUT2D eigenvalue weighted by Gasteiger charge is 2.26. The first-order valence-corrected chi connectivity index (χ1v) is 12.6. The van der Waals surface area contributed by atoms with E-state index in [9.17, 15) is 13.0 Å². The predicted molar refractivity (Wildman–Crippen MR) is 135 cm³/mol. The van der Waals surface area contributed by atoms with Crippen LogP contribution >= 0.6 is 0 Å². The van der Waals surface area contributed by atoms with Crippen LogP contribution in [0.1, 0.15) is 35.6 Å². The molecule has 0 spiro atoms. The maximum Gasteiger partial charge on any atom is 0.160 e. The highest BCUT2D eigenvalue weighted by atomic mass is 32.2. The molecular formula is C27H25F2N3O2S. The summed E-state index contributed by atoms with van der Waals surface area (Å²) in [4.78, 5) is 0.627. The van der Waals surface area contributed by atoms with Crippen LogP contribution in [0.15, 0.2) is 65.6 Å². The second-order valence-corrected chi connectivity index (χ2v) is 9.83. The third kappa shape index (κ3) is 4.39. The number of benzene rings is 3. The van der Waals surface area contributed by atoms with E-state index in [2.05, 4.69) is 4.72 Å². The van der Waals surface area contributed by atoms with E-state index in [4.69, 9.17) is 10.1 Å². The molecule has 1 aromatic heterocycles. The number of nitrogens with zero attached hydrogens (tertiary/aromatic N) is 1. The Labute approximate surface area is 204 Å². The lowest BCUT2D eigenvalue weighted by Crippen LogP contribution is -2.17. The van der Waals surface area contributed by atoms with E-state index in [1.165, 1.54) is 12.3 Å². The van der Waals surface area contributed by atoms with Crippen LogP contribution in [0.3, 0.4) is 0 Å². The van der Waals surface area contributed by atoms with Gasteiger partial charge in [-0.05, 0) is 61.7 Å². The van der Waals surface area contributed by atoms with E-state index in [0.29, 0.717) is 35.0 Å². The van der Waals surface area contributed by atoms with Crippen LogP contribution in [-0.4, -0.2) is 28.2 Å². The van der Waals surface area contributed by atoms with Gasteiger partial charge in [0.1, 0.15) is 11.0 Å². The minimum atomic E-state index is -1.51. The van der Waals surface area contributed by atoms with Crippen molar-refractivity contribution < 1.29 is 17.7 Å². The fraction of sp³-hybridized carbons (Fsp3) is 0.222. The first kappa shape index (κ1) is 23.4. The van der Waals surface area contributed by atoms with Crippen molar-refractivity contribution >= 4 is 33.8 Å². The summed E-state index contributed by atoms with van der Waals surface area (Å²) in [6.07, 6.45) is 2.85. The molecule has 0 radical (unpaired) electrons. The van der Waals surface area contributed by atoms with E-state index in [1.807, 2.05) is 41.8 Å². The Morgan fingerprint density at radius 1 is 1.06 bits per heavy atom. The van der Waals surface area contributed by atoms with E-state index in [1.54, 1.807) is 18.2 Å². The zero-order valence-electron chi connectivity index (χ0n) is 19.2. The monoisotopic (exact) mass is 493 g/mol. The molecule has 0 amide bonds. The summed E-state index contributed by atoms with van der Waals surface area (Å²) in [6.45, 7) is 3.29. The van der Waals surface area contributed by atoms with Gasteiger partial charge in [0.15, 0.2) is 11.6 Å². The van der Waals surface area contributed by atoms with Crippen molar-refractivity contribution in [2.75, 3.05) is 17.9 Å². The summed E-state index contributed by atoms with van der Waals surface area (Å²) < 4.78 is 51.5. The highest BCUT2D eigenvalue weighted by molar-refractivity contribution is 7.86. The first-order chi connectivity index (χ1) is 17.0. The number of halogens is 2. The molecule has 35 heavy (non-hydrogen) atoms. The Kier molecular flexibility index (Phi) is 6.49. The zero-order valence-corrected chi connectivity index (χ0v) is 20.0. The summed E-state index contributed by atoms with van der Waals surface area (Å²) in [6, 6.07) is 16.7. The lowest BCUT2D eigenvalue weighted by molar-refractivity contribution is 0.0841. The SMILES string of the molecule is Cc1c(C2CCOCC2)n(-c2ccc(F)c(F)c2)c2cc(C=N)c(NS(=O)c3ccccc3)cc12. The van der Waals surface area contributed by atoms with Crippen molar-refractivity contribution in [2.45, 2.75) is 30.6 Å². The third-order valence-electron chi connectivity index (χ3n) is 6.52. The number of fused-ring (bicyclic) bond motifs is 1. The van der Waals surface area contributed by atoms with Gasteiger partial charge in [-0.2, -0.15) is 0 Å². The molecule has 0 saturated carbocycles. The van der Waals surface area contributed by atoms with Gasteiger partial charge in [0.25, 0.3) is 0 Å². The Hall–Kier alpha value is -3.36. The fourth-order valence-electron chi connectivity index (χ4n) is 4.80. The fourth-order valence-corrected chi connectivity index (χ4v) is 5.70. The lowest BCUT2D eigenvalue weighted by Gasteiger charge is -2.25. The summed E-state index contributed by atoms with van der Waals surface area (Å²) in [5.41, 5.74) is 4.45. The molecular weight excluding hydrogens is 468 g/mol. The van der Waals surface area contributed by atoms with E-state index >= 15 is 0 Å². The molecule has 2 heterocycles. The number of anilines is 1. The summed E-state index contributed by atoms with van der Waals surface area (Å²) in [5.74, 6) is -1.63. The third-order valence-corrected chi connectivity index (χ3v) is 7.63. The van der Waals surface area contributed by atoms with Crippen LogP contribution in [0.5, 0.6) is 0 Å². The molecule has 1 fully saturated rings. The van der Waals surface area contributed by atoms with Gasteiger partial charge in [-0.1, -0.05) is 18.2 Å². The van der Waals surface area contributed by atoms with Crippen LogP contribution in [0, 0.1) is 24.0 Å². The average molecular weight is 494 g/mol. The summed E-state index contributed by atoms with van der Waals surface area (Å²) in [5, 5.41) is 8.90. The number of rotatable bonds is 6. The van der Waals surface area contributed by atoms with Crippen molar-refractivity contribution in [1.82, 2.24) is 4.57 Å². The number of ether oxygens (including phenoxy) is 1. The van der Waals surface area contributed by atoms with Crippen molar-refractivity contribution in [1.29, 1.82) is 5.41 Å². The molecule has 1 atom stereocenters. The molecule has 1 aliphatic heterocycles. The van der Waals surface area contributed by atoms with Gasteiger partial charge in [0.2, 0.25) is 0 Å². The maximum absolute atomic E-state index is 14.3. The molecule has 3 aromatic carbocycles. The minimum absolute atomic E-state index is 0.183. The molecule has 8 heteroatoms. The van der Waals surface area contributed by atoms with Gasteiger partial charge in [-0.3, -0.25) is 0 Å². The van der Waals surface area contributed by atoms with Crippen LogP contribution in [0.2, 0.25) is 0 Å². The van der Waals surface area contributed by atoms with Gasteiger partial charge in [0, 0.05) is 53.7 Å². The van der Waals surface area contributed by atoms with Gasteiger partial charge in [-0.25, -0.2) is 13.0 Å². The topological polar surface area (TPSA) is 67.1 Å². The van der Waals surface area contributed by atoms with Crippen LogP contribution in [-0.2, 0) is 15.7 Å². The number of aryl methyl sites for hydroxylation is 1. The minimum Gasteiger partial charge on any atom is -0.381 e. The van der Waals surface area contributed by atoms with E-state index in [0.717, 1.165) is 41.1 Å². The second kappa shape index (κ2) is 9.71. The van der Waals surface area contributed by atoms with Crippen molar-refractivity contribution in [3.8, 4) is 5.69 Å². The van der Waals surface area contributed by atoms with Crippen molar-refractivity contribution in [3.05, 3.63) is 89.1 Å². The molecule has 0 aliphatic carbocycles. The largest absolute Gasteiger partial charge is 0.381 e. The first-order valence-electron chi connectivity index (χ1n) is 11.4. The summed E-state index contributed by atoms with van der Waals surface area (Å²) >= 11 is 0. The normalized spacial score (nSPS) is 15.3. The van der Waals surface area contributed by atoms with Gasteiger partial charge in [0.05, 0.1) is 16.1 Å². The Balaban J connectivity index is 1.70. The van der Waals surface area contributed by atoms with E-state index in [-0.39, 0.29) is 5.92 Å². The van der Waals surface area contributed by atoms with E-state index < -0.39 is 22.6 Å². The van der Waals surface area contributed by atoms with Crippen LogP contribution in [0.25, 0.3) is 16.6 Å². The number of nitrogens with one attached hydrogen (secondary N) is 2. The molecule has 0 bridgehead atoms. The smallest absolute Gasteiger partial charge is 0.160 e. The molecule has 5 nitrogen and oxygen atoms in total. The Morgan fingerprint density at radius 3 is 2.49 bits per heavy atom. The summed E-state index contributed by atoms with van der Waals surface area (Å²) in [7, 11) is -1.51. The van der Waals surface area contributed by atoms with Gasteiger partial charge >= 0.3 is 0 Å². The second-order valence-electron chi connectivity index (χ2n) is 8.62. The quantitative estimate of drug-likeness (QED) is 0.312. The lowest BCUT2D eigenvalue weighted by atomic mass is 9.93. The van der Waals surface area contributed by atoms with Gasteiger partial charge in [-0.15, -0.1) is 0 Å². The van der Waals surface area contributed by atoms with Crippen LogP contribution in [0.4, 0.5) is 14.5 Å². The van der Waals surface area contributed by atoms with Gasteiger partial charge < -0.3 is 19.4 Å². The molecule has 2 N–H and O–H groups in total. The van der Waals surface area contributed by atoms with Crippen molar-refractivity contribution in [3.63, 3.8) is 0 Å². The zero-order chi connectivity index (χ0) is 24.5. The Bertz CT molecular complexity index is 1430. The Morgan fingerprint density at radius 2 is 1.80 bits per heavy atom. The molecule has 180 valence electrons. The standard InChI is InChI=1S/C27H25F2N3O2S/c1-17-22-15-25(31-35(33)21-5-3-2-4-6-21)19(16-30)13-26(22)32(20-7-8-23(28)24(29)14-20)27(17)18-9-11-34-12-10-18/h2-8,13-16,18,30-31H,9-12H2,1H3. The number of aromatic nitrogens is 1. The maximum atomic E-state index is 14.3. The van der Waals surface area contributed by atoms with Crippen molar-refractivity contribution in [2.24, 2.45) is 0 Å². The highest BCUT2D eigenvalue weighted by Crippen LogP contribution is 2.40. The molecule has 1 saturated heterocycles. The average Bonchev–Trinajstić information content (AvgIpc) is 3.17.